The van der Waals surface area contributed by atoms with E-state index in [2.05, 4.69) is 25.3 Å². The minimum atomic E-state index is 0.546. The van der Waals surface area contributed by atoms with Crippen LogP contribution in [0.25, 0.3) is 27.5 Å². The van der Waals surface area contributed by atoms with Crippen molar-refractivity contribution in [1.29, 1.82) is 0 Å². The van der Waals surface area contributed by atoms with E-state index in [0.717, 1.165) is 26.8 Å². The van der Waals surface area contributed by atoms with E-state index in [4.69, 9.17) is 4.52 Å². The molecule has 4 aromatic heterocycles. The van der Waals surface area contributed by atoms with E-state index >= 15 is 0 Å². The highest BCUT2D eigenvalue weighted by Gasteiger charge is 2.14. The van der Waals surface area contributed by atoms with Gasteiger partial charge >= 0.3 is 0 Å². The number of H-pyrrole nitrogens is 1. The molecule has 0 saturated carbocycles. The maximum absolute atomic E-state index is 5.33. The Balaban J connectivity index is 1.43. The highest BCUT2D eigenvalue weighted by Crippen LogP contribution is 2.27. The van der Waals surface area contributed by atoms with Crippen molar-refractivity contribution in [3.63, 3.8) is 0 Å². The summed E-state index contributed by atoms with van der Waals surface area (Å²) in [5.74, 6) is 2.47. The number of hydrogen-bond acceptors (Lipinski definition) is 7. The second-order valence-electron chi connectivity index (χ2n) is 5.04. The largest absolute Gasteiger partial charge is 0.338 e. The van der Waals surface area contributed by atoms with Gasteiger partial charge in [0.05, 0.1) is 21.7 Å². The molecule has 118 valence electrons. The topological polar surface area (TPSA) is 84.9 Å². The van der Waals surface area contributed by atoms with E-state index in [1.165, 1.54) is 11.8 Å². The molecule has 1 N–H and O–H groups in total. The molecule has 0 saturated heterocycles. The Morgan fingerprint density at radius 1 is 1.17 bits per heavy atom. The van der Waals surface area contributed by atoms with Crippen LogP contribution in [0.5, 0.6) is 0 Å². The molecule has 5 rings (SSSR count). The van der Waals surface area contributed by atoms with Crippen molar-refractivity contribution >= 4 is 39.9 Å². The maximum Gasteiger partial charge on any atom is 0.237 e. The van der Waals surface area contributed by atoms with E-state index < -0.39 is 0 Å². The second kappa shape index (κ2) is 5.46. The van der Waals surface area contributed by atoms with Gasteiger partial charge in [-0.3, -0.25) is 4.40 Å². The quantitative estimate of drug-likeness (QED) is 0.496. The van der Waals surface area contributed by atoms with Crippen molar-refractivity contribution < 1.29 is 4.52 Å². The predicted molar refractivity (Wildman–Crippen MR) is 92.0 cm³/mol. The molecule has 0 atom stereocenters. The molecule has 0 aliphatic carbocycles. The monoisotopic (exact) mass is 354 g/mol. The standard InChI is InChI=1S/C15H10N6OS2/c1-2-5-10-9(4-1)16-14-18-19-15(21(10)14)24-8-12-17-13(20-22-12)11-6-3-7-23-11/h1-7H,8H2,(H,16,18). The summed E-state index contributed by atoms with van der Waals surface area (Å²) in [5.41, 5.74) is 1.96. The number of thioether (sulfide) groups is 1. The normalized spacial score (nSPS) is 11.7. The maximum atomic E-state index is 5.33. The summed E-state index contributed by atoms with van der Waals surface area (Å²) in [5, 5.41) is 14.1. The van der Waals surface area contributed by atoms with Crippen LogP contribution in [-0.2, 0) is 5.75 Å². The number of hydrogen-bond donors (Lipinski definition) is 1. The Bertz CT molecular complexity index is 1120. The predicted octanol–water partition coefficient (Wildman–Crippen LogP) is 3.61. The number of para-hydroxylation sites is 2. The van der Waals surface area contributed by atoms with Crippen LogP contribution in [0.3, 0.4) is 0 Å². The number of nitrogens with zero attached hydrogens (tertiary/aromatic N) is 5. The lowest BCUT2D eigenvalue weighted by Gasteiger charge is -1.96. The first-order chi connectivity index (χ1) is 11.9. The summed E-state index contributed by atoms with van der Waals surface area (Å²) in [6.07, 6.45) is 0. The van der Waals surface area contributed by atoms with Crippen molar-refractivity contribution in [2.24, 2.45) is 0 Å². The van der Waals surface area contributed by atoms with Crippen molar-refractivity contribution in [3.8, 4) is 10.7 Å². The molecule has 0 aliphatic heterocycles. The third-order valence-electron chi connectivity index (χ3n) is 3.54. The number of fused-ring (bicyclic) bond motifs is 3. The van der Waals surface area contributed by atoms with Gasteiger partial charge in [0.15, 0.2) is 5.16 Å². The first-order valence-electron chi connectivity index (χ1n) is 7.19. The number of imidazole rings is 1. The lowest BCUT2D eigenvalue weighted by atomic mass is 10.3. The Morgan fingerprint density at radius 3 is 3.04 bits per heavy atom. The summed E-state index contributed by atoms with van der Waals surface area (Å²) in [4.78, 5) is 9.94. The van der Waals surface area contributed by atoms with Crippen molar-refractivity contribution in [2.75, 3.05) is 0 Å². The highest BCUT2D eigenvalue weighted by molar-refractivity contribution is 7.98. The Hall–Kier alpha value is -2.65. The first-order valence-corrected chi connectivity index (χ1v) is 9.06. The highest BCUT2D eigenvalue weighted by atomic mass is 32.2. The van der Waals surface area contributed by atoms with Gasteiger partial charge in [0.1, 0.15) is 0 Å². The molecule has 0 aliphatic rings. The van der Waals surface area contributed by atoms with Crippen LogP contribution in [0.4, 0.5) is 0 Å². The number of aromatic amines is 1. The van der Waals surface area contributed by atoms with Gasteiger partial charge < -0.3 is 4.52 Å². The zero-order chi connectivity index (χ0) is 15.9. The minimum absolute atomic E-state index is 0.546. The van der Waals surface area contributed by atoms with Crippen molar-refractivity contribution in [2.45, 2.75) is 10.9 Å². The Morgan fingerprint density at radius 2 is 2.12 bits per heavy atom. The van der Waals surface area contributed by atoms with Crippen molar-refractivity contribution in [3.05, 3.63) is 47.7 Å². The van der Waals surface area contributed by atoms with Gasteiger partial charge in [-0.15, -0.1) is 16.4 Å². The number of aromatic nitrogens is 6. The van der Waals surface area contributed by atoms with Gasteiger partial charge in [-0.05, 0) is 23.6 Å². The number of thiophene rings is 1. The van der Waals surface area contributed by atoms with E-state index in [9.17, 15) is 0 Å². The van der Waals surface area contributed by atoms with Gasteiger partial charge in [-0.2, -0.15) is 4.98 Å². The lowest BCUT2D eigenvalue weighted by Crippen LogP contribution is -1.87. The zero-order valence-corrected chi connectivity index (χ0v) is 13.8. The van der Waals surface area contributed by atoms with E-state index in [1.54, 1.807) is 11.3 Å². The van der Waals surface area contributed by atoms with Gasteiger partial charge in [0, 0.05) is 0 Å². The molecule has 9 heteroatoms. The number of rotatable bonds is 4. The van der Waals surface area contributed by atoms with Crippen LogP contribution in [-0.4, -0.2) is 29.7 Å². The summed E-state index contributed by atoms with van der Waals surface area (Å²) in [7, 11) is 0. The van der Waals surface area contributed by atoms with Crippen LogP contribution in [0.15, 0.2) is 51.5 Å². The zero-order valence-electron chi connectivity index (χ0n) is 12.2. The fraction of sp³-hybridized carbons (Fsp3) is 0.0667. The van der Waals surface area contributed by atoms with Gasteiger partial charge in [0.25, 0.3) is 0 Å². The molecule has 0 fully saturated rings. The lowest BCUT2D eigenvalue weighted by molar-refractivity contribution is 0.391. The van der Waals surface area contributed by atoms with Gasteiger partial charge in [-0.25, -0.2) is 10.1 Å². The first kappa shape index (κ1) is 13.8. The second-order valence-corrected chi connectivity index (χ2v) is 6.93. The Labute approximate surface area is 143 Å². The van der Waals surface area contributed by atoms with Crippen LogP contribution in [0, 0.1) is 0 Å². The van der Waals surface area contributed by atoms with Gasteiger partial charge in [-0.1, -0.05) is 35.1 Å². The smallest absolute Gasteiger partial charge is 0.237 e. The molecule has 1 aromatic carbocycles. The summed E-state index contributed by atoms with van der Waals surface area (Å²) < 4.78 is 7.33. The van der Waals surface area contributed by atoms with Crippen LogP contribution in [0.2, 0.25) is 0 Å². The SMILES string of the molecule is c1csc(-c2noc(CSc3n[nH]c4nc5ccccc5n34)n2)c1. The molecule has 5 aromatic rings. The number of nitrogens with one attached hydrogen (secondary N) is 1. The van der Waals surface area contributed by atoms with Crippen LogP contribution >= 0.6 is 23.1 Å². The molecule has 0 spiro atoms. The molecule has 0 bridgehead atoms. The van der Waals surface area contributed by atoms with Crippen LogP contribution in [0.1, 0.15) is 5.89 Å². The van der Waals surface area contributed by atoms with E-state index in [1.807, 2.05) is 46.2 Å². The fourth-order valence-electron chi connectivity index (χ4n) is 2.48. The summed E-state index contributed by atoms with van der Waals surface area (Å²) in [6, 6.07) is 11.9. The minimum Gasteiger partial charge on any atom is -0.338 e. The molecule has 0 unspecified atom stereocenters. The van der Waals surface area contributed by atoms with Crippen molar-refractivity contribution in [1.82, 2.24) is 29.7 Å². The van der Waals surface area contributed by atoms with Gasteiger partial charge in [0.2, 0.25) is 17.5 Å². The Kier molecular flexibility index (Phi) is 3.13. The summed E-state index contributed by atoms with van der Waals surface area (Å²) >= 11 is 3.12. The average molecular weight is 354 g/mol. The molecule has 24 heavy (non-hydrogen) atoms. The van der Waals surface area contributed by atoms with E-state index in [-0.39, 0.29) is 0 Å². The number of benzene rings is 1. The molecule has 0 radical (unpaired) electrons. The van der Waals surface area contributed by atoms with Crippen LogP contribution < -0.4 is 0 Å². The molecule has 0 amide bonds. The summed E-state index contributed by atoms with van der Waals surface area (Å²) in [6.45, 7) is 0. The third-order valence-corrected chi connectivity index (χ3v) is 5.33. The third kappa shape index (κ3) is 2.21. The fourth-order valence-corrected chi connectivity index (χ4v) is 3.93. The molecule has 7 nitrogen and oxygen atoms in total. The van der Waals surface area contributed by atoms with E-state index in [0.29, 0.717) is 17.5 Å². The molecule has 4 heterocycles. The molecular formula is C15H10N6OS2. The average Bonchev–Trinajstić information content (AvgIpc) is 3.36. The molecular weight excluding hydrogens is 344 g/mol.